The van der Waals surface area contributed by atoms with Crippen LogP contribution in [-0.4, -0.2) is 23.7 Å². The first-order valence-corrected chi connectivity index (χ1v) is 6.74. The Balaban J connectivity index is 2.25. The van der Waals surface area contributed by atoms with E-state index in [1.165, 1.54) is 6.20 Å². The van der Waals surface area contributed by atoms with Crippen molar-refractivity contribution >= 4 is 15.7 Å². The maximum Gasteiger partial charge on any atom is 0.265 e. The second kappa shape index (κ2) is 4.79. The molecule has 7 heteroatoms. The summed E-state index contributed by atoms with van der Waals surface area (Å²) in [6.45, 7) is 1.56. The van der Waals surface area contributed by atoms with Gasteiger partial charge in [-0.25, -0.2) is 8.42 Å². The number of hydrogen-bond donors (Lipinski definition) is 3. The Morgan fingerprint density at radius 2 is 2.00 bits per heavy atom. The molecule has 0 saturated heterocycles. The zero-order chi connectivity index (χ0) is 13.2. The average Bonchev–Trinajstić information content (AvgIpc) is 2.77. The summed E-state index contributed by atoms with van der Waals surface area (Å²) in [5, 5.41) is 15.2. The molecule has 1 heterocycles. The number of aliphatic hydroxyl groups excluding tert-OH is 1. The smallest absolute Gasteiger partial charge is 0.265 e. The second-order valence-corrected chi connectivity index (χ2v) is 5.47. The Morgan fingerprint density at radius 3 is 2.50 bits per heavy atom. The molecule has 0 aliphatic carbocycles. The van der Waals surface area contributed by atoms with E-state index in [9.17, 15) is 8.42 Å². The molecular weight excluding hydrogens is 254 g/mol. The fourth-order valence-corrected chi connectivity index (χ4v) is 2.70. The van der Waals surface area contributed by atoms with Gasteiger partial charge >= 0.3 is 0 Å². The summed E-state index contributed by atoms with van der Waals surface area (Å²) in [5.41, 5.74) is 1.64. The molecule has 0 spiro atoms. The lowest BCUT2D eigenvalue weighted by Crippen LogP contribution is -2.13. The third-order valence-corrected chi connectivity index (χ3v) is 3.96. The van der Waals surface area contributed by atoms with Gasteiger partial charge in [-0.1, -0.05) is 12.1 Å². The molecule has 3 N–H and O–H groups in total. The zero-order valence-electron chi connectivity index (χ0n) is 9.71. The molecule has 0 aliphatic rings. The highest BCUT2D eigenvalue weighted by Crippen LogP contribution is 2.17. The Kier molecular flexibility index (Phi) is 3.35. The molecule has 0 radical (unpaired) electrons. The molecule has 0 aliphatic heterocycles. The zero-order valence-corrected chi connectivity index (χ0v) is 10.5. The molecule has 1 aromatic heterocycles. The maximum absolute atomic E-state index is 12.0. The van der Waals surface area contributed by atoms with Gasteiger partial charge in [-0.2, -0.15) is 5.10 Å². The van der Waals surface area contributed by atoms with Crippen molar-refractivity contribution in [1.29, 1.82) is 0 Å². The standard InChI is InChI=1S/C11H13N3O3S/c1-8-11(6-12-13-8)18(16,17)14-10-4-2-9(7-15)3-5-10/h2-6,14-15H,7H2,1H3,(H,12,13). The number of H-pyrrole nitrogens is 1. The first kappa shape index (κ1) is 12.6. The van der Waals surface area contributed by atoms with Crippen molar-refractivity contribution in [3.8, 4) is 0 Å². The van der Waals surface area contributed by atoms with Crippen LogP contribution >= 0.6 is 0 Å². The predicted octanol–water partition coefficient (Wildman–Crippen LogP) is 1.01. The van der Waals surface area contributed by atoms with Crippen LogP contribution in [0.5, 0.6) is 0 Å². The van der Waals surface area contributed by atoms with Crippen LogP contribution in [-0.2, 0) is 16.6 Å². The van der Waals surface area contributed by atoms with Gasteiger partial charge in [-0.15, -0.1) is 0 Å². The van der Waals surface area contributed by atoms with Crippen molar-refractivity contribution in [3.05, 3.63) is 41.7 Å². The van der Waals surface area contributed by atoms with Crippen LogP contribution in [0.3, 0.4) is 0 Å². The molecule has 0 unspecified atom stereocenters. The first-order chi connectivity index (χ1) is 8.53. The molecule has 0 atom stereocenters. The number of anilines is 1. The van der Waals surface area contributed by atoms with Gasteiger partial charge in [0, 0.05) is 5.69 Å². The minimum Gasteiger partial charge on any atom is -0.392 e. The van der Waals surface area contributed by atoms with Gasteiger partial charge in [0.15, 0.2) is 0 Å². The molecule has 1 aromatic carbocycles. The molecule has 0 amide bonds. The topological polar surface area (TPSA) is 95.1 Å². The number of benzene rings is 1. The van der Waals surface area contributed by atoms with E-state index in [4.69, 9.17) is 5.11 Å². The summed E-state index contributed by atoms with van der Waals surface area (Å²) in [5.74, 6) is 0. The maximum atomic E-state index is 12.0. The van der Waals surface area contributed by atoms with Crippen molar-refractivity contribution in [2.45, 2.75) is 18.4 Å². The number of hydrogen-bond acceptors (Lipinski definition) is 4. The van der Waals surface area contributed by atoms with E-state index in [1.807, 2.05) is 0 Å². The van der Waals surface area contributed by atoms with Gasteiger partial charge in [0.1, 0.15) is 4.90 Å². The normalized spacial score (nSPS) is 11.4. The summed E-state index contributed by atoms with van der Waals surface area (Å²) in [4.78, 5) is 0.119. The van der Waals surface area contributed by atoms with Crippen LogP contribution in [0.1, 0.15) is 11.3 Å². The monoisotopic (exact) mass is 267 g/mol. The van der Waals surface area contributed by atoms with Crippen LogP contribution in [0.2, 0.25) is 0 Å². The summed E-state index contributed by atoms with van der Waals surface area (Å²) in [7, 11) is -3.63. The number of aryl methyl sites for hydroxylation is 1. The molecule has 0 saturated carbocycles. The highest BCUT2D eigenvalue weighted by Gasteiger charge is 2.18. The van der Waals surface area contributed by atoms with Gasteiger partial charge in [0.05, 0.1) is 18.5 Å². The molecule has 0 bridgehead atoms. The Hall–Kier alpha value is -1.86. The molecule has 6 nitrogen and oxygen atoms in total. The molecule has 18 heavy (non-hydrogen) atoms. The number of nitrogens with zero attached hydrogens (tertiary/aromatic N) is 1. The fraction of sp³-hybridized carbons (Fsp3) is 0.182. The minimum absolute atomic E-state index is 0.0755. The van der Waals surface area contributed by atoms with Gasteiger partial charge < -0.3 is 5.11 Å². The molecule has 2 rings (SSSR count). The number of sulfonamides is 1. The largest absolute Gasteiger partial charge is 0.392 e. The van der Waals surface area contributed by atoms with Gasteiger partial charge in [0.25, 0.3) is 10.0 Å². The summed E-state index contributed by atoms with van der Waals surface area (Å²) < 4.78 is 26.5. The molecule has 96 valence electrons. The van der Waals surface area contributed by atoms with Crippen molar-refractivity contribution < 1.29 is 13.5 Å². The lowest BCUT2D eigenvalue weighted by atomic mass is 10.2. The van der Waals surface area contributed by atoms with Crippen LogP contribution in [0.4, 0.5) is 5.69 Å². The highest BCUT2D eigenvalue weighted by atomic mass is 32.2. The summed E-state index contributed by atoms with van der Waals surface area (Å²) in [6.07, 6.45) is 1.26. The average molecular weight is 267 g/mol. The first-order valence-electron chi connectivity index (χ1n) is 5.25. The van der Waals surface area contributed by atoms with Gasteiger partial charge in [-0.05, 0) is 24.6 Å². The minimum atomic E-state index is -3.63. The number of aromatic nitrogens is 2. The van der Waals surface area contributed by atoms with E-state index >= 15 is 0 Å². The van der Waals surface area contributed by atoms with Crippen molar-refractivity contribution in [2.75, 3.05) is 4.72 Å². The van der Waals surface area contributed by atoms with Crippen LogP contribution in [0.25, 0.3) is 0 Å². The quantitative estimate of drug-likeness (QED) is 0.770. The molecule has 0 fully saturated rings. The van der Waals surface area contributed by atoms with E-state index in [-0.39, 0.29) is 11.5 Å². The summed E-state index contributed by atoms with van der Waals surface area (Å²) in [6, 6.07) is 6.50. The van der Waals surface area contributed by atoms with E-state index in [2.05, 4.69) is 14.9 Å². The number of aromatic amines is 1. The Morgan fingerprint density at radius 1 is 1.33 bits per heavy atom. The summed E-state index contributed by atoms with van der Waals surface area (Å²) >= 11 is 0. The van der Waals surface area contributed by atoms with Crippen LogP contribution in [0.15, 0.2) is 35.4 Å². The predicted molar refractivity (Wildman–Crippen MR) is 66.5 cm³/mol. The lowest BCUT2D eigenvalue weighted by molar-refractivity contribution is 0.282. The third-order valence-electron chi connectivity index (χ3n) is 2.46. The Bertz CT molecular complexity index is 632. The number of nitrogens with one attached hydrogen (secondary N) is 2. The van der Waals surface area contributed by atoms with E-state index in [1.54, 1.807) is 31.2 Å². The van der Waals surface area contributed by atoms with Crippen LogP contribution in [0, 0.1) is 6.92 Å². The van der Waals surface area contributed by atoms with Gasteiger partial charge in [-0.3, -0.25) is 9.82 Å². The lowest BCUT2D eigenvalue weighted by Gasteiger charge is -2.07. The van der Waals surface area contributed by atoms with E-state index in [0.29, 0.717) is 11.4 Å². The fourth-order valence-electron chi connectivity index (χ4n) is 1.50. The third kappa shape index (κ3) is 2.52. The van der Waals surface area contributed by atoms with Gasteiger partial charge in [0.2, 0.25) is 0 Å². The van der Waals surface area contributed by atoms with E-state index in [0.717, 1.165) is 5.56 Å². The number of aliphatic hydroxyl groups is 1. The highest BCUT2D eigenvalue weighted by molar-refractivity contribution is 7.92. The van der Waals surface area contributed by atoms with Crippen molar-refractivity contribution in [3.63, 3.8) is 0 Å². The van der Waals surface area contributed by atoms with E-state index < -0.39 is 10.0 Å². The number of rotatable bonds is 4. The van der Waals surface area contributed by atoms with Crippen molar-refractivity contribution in [1.82, 2.24) is 10.2 Å². The SMILES string of the molecule is Cc1[nH]ncc1S(=O)(=O)Nc1ccc(CO)cc1. The van der Waals surface area contributed by atoms with Crippen LogP contribution < -0.4 is 4.72 Å². The molecule has 2 aromatic rings. The second-order valence-electron chi connectivity index (χ2n) is 3.82. The van der Waals surface area contributed by atoms with Crippen molar-refractivity contribution in [2.24, 2.45) is 0 Å². The Labute approximate surface area is 105 Å². The molecular formula is C11H13N3O3S.